The molecule has 0 unspecified atom stereocenters. The maximum absolute atomic E-state index is 14.8. The molecule has 42 heavy (non-hydrogen) atoms. The number of anilines is 2. The molecule has 2 atom stereocenters. The highest BCUT2D eigenvalue weighted by atomic mass is 31.2. The number of hydrogen-bond acceptors (Lipinski definition) is 7. The highest BCUT2D eigenvalue weighted by molar-refractivity contribution is 7.46. The first kappa shape index (κ1) is 31.2. The van der Waals surface area contributed by atoms with Crippen LogP contribution in [0.4, 0.5) is 20.2 Å². The van der Waals surface area contributed by atoms with E-state index in [1.54, 1.807) is 4.90 Å². The van der Waals surface area contributed by atoms with Crippen LogP contribution in [0.1, 0.15) is 44.1 Å². The van der Waals surface area contributed by atoms with Gasteiger partial charge < -0.3 is 29.4 Å². The van der Waals surface area contributed by atoms with Crippen molar-refractivity contribution in [3.05, 3.63) is 59.7 Å². The van der Waals surface area contributed by atoms with Crippen LogP contribution in [0.15, 0.2) is 42.5 Å². The molecule has 0 aliphatic carbocycles. The molecule has 2 aromatic rings. The molecule has 1 amide bonds. The topological polar surface area (TPSA) is 160 Å². The van der Waals surface area contributed by atoms with Gasteiger partial charge in [-0.05, 0) is 74.7 Å². The molecule has 0 bridgehead atoms. The number of carbonyl (C=O) groups excluding carboxylic acids is 1. The minimum Gasteiger partial charge on any atom is -0.343 e. The smallest absolute Gasteiger partial charge is 0.343 e. The average molecular weight is 632 g/mol. The minimum atomic E-state index is -5.41. The first-order chi connectivity index (χ1) is 19.7. The number of halogens is 2. The van der Waals surface area contributed by atoms with Crippen LogP contribution in [-0.4, -0.2) is 73.7 Å². The van der Waals surface area contributed by atoms with Crippen LogP contribution in [0.2, 0.25) is 0 Å². The van der Waals surface area contributed by atoms with E-state index in [0.29, 0.717) is 38.9 Å². The lowest BCUT2D eigenvalue weighted by Gasteiger charge is -2.53. The van der Waals surface area contributed by atoms with E-state index in [4.69, 9.17) is 9.05 Å². The van der Waals surface area contributed by atoms with Crippen LogP contribution in [0.25, 0.3) is 0 Å². The van der Waals surface area contributed by atoms with Crippen molar-refractivity contribution in [1.82, 2.24) is 9.80 Å². The van der Waals surface area contributed by atoms with Gasteiger partial charge in [0, 0.05) is 50.3 Å². The third kappa shape index (κ3) is 6.19. The van der Waals surface area contributed by atoms with Crippen molar-refractivity contribution in [1.29, 1.82) is 0 Å². The Morgan fingerprint density at radius 1 is 0.857 bits per heavy atom. The van der Waals surface area contributed by atoms with Gasteiger partial charge in [-0.15, -0.1) is 0 Å². The van der Waals surface area contributed by atoms with Crippen molar-refractivity contribution in [2.24, 2.45) is 0 Å². The van der Waals surface area contributed by atoms with Crippen LogP contribution in [0.5, 0.6) is 0 Å². The summed E-state index contributed by atoms with van der Waals surface area (Å²) < 4.78 is 64.6. The highest BCUT2D eigenvalue weighted by Gasteiger charge is 2.70. The molecule has 3 heterocycles. The number of nitrogens with zero attached hydrogens (tertiary/aromatic N) is 3. The normalized spacial score (nSPS) is 25.0. The number of phosphoric acid groups is 2. The van der Waals surface area contributed by atoms with Gasteiger partial charge in [-0.2, -0.15) is 0 Å². The van der Waals surface area contributed by atoms with Crippen LogP contribution < -0.4 is 4.90 Å². The molecule has 0 aromatic heterocycles. The lowest BCUT2D eigenvalue weighted by Crippen LogP contribution is -2.67. The zero-order chi connectivity index (χ0) is 30.3. The van der Waals surface area contributed by atoms with Gasteiger partial charge in [0.2, 0.25) is 5.91 Å². The summed E-state index contributed by atoms with van der Waals surface area (Å²) in [5, 5.41) is 0. The summed E-state index contributed by atoms with van der Waals surface area (Å²) in [5.41, 5.74) is -4.35. The molecule has 3 aliphatic heterocycles. The molecule has 0 radical (unpaired) electrons. The summed E-state index contributed by atoms with van der Waals surface area (Å²) in [6.45, 7) is 1.49. The Kier molecular flexibility index (Phi) is 8.67. The van der Waals surface area contributed by atoms with Gasteiger partial charge in [-0.25, -0.2) is 17.9 Å². The Morgan fingerprint density at radius 3 is 2.19 bits per heavy atom. The zero-order valence-corrected chi connectivity index (χ0v) is 24.4. The SMILES string of the molecule is O=C1CCCCN1CCCCN1CC[C@@]2(OP(=O)(O)O)N(c3ccc(F)cc3)c3ccc(F)cc3[C@]2(OP(=O)(O)O)C1. The lowest BCUT2D eigenvalue weighted by atomic mass is 9.80. The molecule has 230 valence electrons. The minimum absolute atomic E-state index is 0.0905. The summed E-state index contributed by atoms with van der Waals surface area (Å²) in [4.78, 5) is 57.4. The third-order valence-corrected chi connectivity index (χ3v) is 9.13. The molecular weight excluding hydrogens is 598 g/mol. The second-order valence-corrected chi connectivity index (χ2v) is 13.1. The number of rotatable bonds is 10. The molecule has 0 spiro atoms. The number of unbranched alkanes of at least 4 members (excludes halogenated alkanes) is 1. The second kappa shape index (κ2) is 11.7. The van der Waals surface area contributed by atoms with Crippen LogP contribution >= 0.6 is 15.6 Å². The Hall–Kier alpha value is -2.25. The zero-order valence-electron chi connectivity index (χ0n) is 22.6. The summed E-state index contributed by atoms with van der Waals surface area (Å²) in [7, 11) is -10.8. The Labute approximate surface area is 241 Å². The van der Waals surface area contributed by atoms with Crippen molar-refractivity contribution in [2.45, 2.75) is 49.9 Å². The molecule has 2 saturated heterocycles. The number of phosphoric ester groups is 2. The van der Waals surface area contributed by atoms with Crippen LogP contribution in [-0.2, 0) is 28.6 Å². The van der Waals surface area contributed by atoms with Gasteiger partial charge >= 0.3 is 15.6 Å². The van der Waals surface area contributed by atoms with Gasteiger partial charge in [0.15, 0.2) is 11.3 Å². The van der Waals surface area contributed by atoms with Crippen LogP contribution in [0, 0.1) is 11.6 Å². The predicted molar refractivity (Wildman–Crippen MR) is 146 cm³/mol. The van der Waals surface area contributed by atoms with Gasteiger partial charge in [-0.3, -0.25) is 18.7 Å². The van der Waals surface area contributed by atoms with Crippen molar-refractivity contribution in [3.63, 3.8) is 0 Å². The van der Waals surface area contributed by atoms with Crippen molar-refractivity contribution in [2.75, 3.05) is 37.6 Å². The number of hydrogen-bond donors (Lipinski definition) is 4. The largest absolute Gasteiger partial charge is 0.471 e. The van der Waals surface area contributed by atoms with Gasteiger partial charge in [-0.1, -0.05) is 0 Å². The molecule has 16 heteroatoms. The molecule has 3 aliphatic rings. The first-order valence-corrected chi connectivity index (χ1v) is 16.7. The summed E-state index contributed by atoms with van der Waals surface area (Å²) >= 11 is 0. The summed E-state index contributed by atoms with van der Waals surface area (Å²) in [6.07, 6.45) is 3.36. The summed E-state index contributed by atoms with van der Waals surface area (Å²) in [5.74, 6) is -1.27. The second-order valence-electron chi connectivity index (χ2n) is 10.8. The standard InChI is InChI=1S/C26H33F2N3O9P2/c27-19-6-9-21(10-7-19)31-23-11-8-20(28)17-22(23)25(39-41(33,34)35)18-29(16-12-26(25,31)40-42(36,37)38)13-3-4-15-30-14-2-1-5-24(30)32/h6-11,17H,1-5,12-16,18H2,(H2,33,34,35)(H2,36,37,38)/t25-,26+/m1/s1. The fourth-order valence-electron chi connectivity index (χ4n) is 6.41. The van der Waals surface area contributed by atoms with E-state index in [9.17, 15) is 42.3 Å². The van der Waals surface area contributed by atoms with E-state index in [0.717, 1.165) is 37.1 Å². The van der Waals surface area contributed by atoms with Gasteiger partial charge in [0.25, 0.3) is 0 Å². The molecule has 4 N–H and O–H groups in total. The lowest BCUT2D eigenvalue weighted by molar-refractivity contribution is -0.168. The Balaban J connectivity index is 1.55. The number of fused-ring (bicyclic) bond motifs is 3. The number of piperidine rings is 2. The van der Waals surface area contributed by atoms with Crippen molar-refractivity contribution in [3.8, 4) is 0 Å². The molecule has 2 aromatic carbocycles. The monoisotopic (exact) mass is 631 g/mol. The average Bonchev–Trinajstić information content (AvgIpc) is 3.10. The maximum Gasteiger partial charge on any atom is 0.471 e. The number of amides is 1. The van der Waals surface area contributed by atoms with E-state index in [1.807, 2.05) is 4.90 Å². The quantitative estimate of drug-likeness (QED) is 0.224. The van der Waals surface area contributed by atoms with E-state index >= 15 is 0 Å². The first-order valence-electron chi connectivity index (χ1n) is 13.6. The summed E-state index contributed by atoms with van der Waals surface area (Å²) in [6, 6.07) is 8.22. The fourth-order valence-corrected chi connectivity index (χ4v) is 7.83. The number of carbonyl (C=O) groups is 1. The van der Waals surface area contributed by atoms with Crippen molar-refractivity contribution < 1.29 is 51.3 Å². The highest BCUT2D eigenvalue weighted by Crippen LogP contribution is 2.66. The molecule has 0 saturated carbocycles. The van der Waals surface area contributed by atoms with Gasteiger partial charge in [0.05, 0.1) is 5.69 Å². The van der Waals surface area contributed by atoms with E-state index in [1.165, 1.54) is 23.1 Å². The predicted octanol–water partition coefficient (Wildman–Crippen LogP) is 3.73. The molecule has 2 fully saturated rings. The number of likely N-dealkylation sites (tertiary alicyclic amines) is 2. The van der Waals surface area contributed by atoms with E-state index in [-0.39, 0.29) is 42.4 Å². The molecule has 5 rings (SSSR count). The van der Waals surface area contributed by atoms with Gasteiger partial charge in [0.1, 0.15) is 11.6 Å². The van der Waals surface area contributed by atoms with E-state index < -0.39 is 38.6 Å². The van der Waals surface area contributed by atoms with Crippen molar-refractivity contribution >= 4 is 32.9 Å². The molecular formula is C26H33F2N3O9P2. The van der Waals surface area contributed by atoms with Crippen LogP contribution in [0.3, 0.4) is 0 Å². The third-order valence-electron chi connectivity index (χ3n) is 8.04. The maximum atomic E-state index is 14.8. The number of benzene rings is 2. The molecule has 12 nitrogen and oxygen atoms in total. The Morgan fingerprint density at radius 2 is 1.52 bits per heavy atom. The fraction of sp³-hybridized carbons (Fsp3) is 0.500. The van der Waals surface area contributed by atoms with E-state index in [2.05, 4.69) is 0 Å². The Bertz CT molecular complexity index is 1420.